The summed E-state index contributed by atoms with van der Waals surface area (Å²) < 4.78 is 0. The van der Waals surface area contributed by atoms with Crippen LogP contribution in [0.2, 0.25) is 0 Å². The van der Waals surface area contributed by atoms with E-state index in [9.17, 15) is 14.4 Å². The Hall–Kier alpha value is -1.89. The fraction of sp³-hybridized carbons (Fsp3) is 0.533. The summed E-state index contributed by atoms with van der Waals surface area (Å²) in [4.78, 5) is 38.0. The van der Waals surface area contributed by atoms with E-state index in [1.165, 1.54) is 23.2 Å². The van der Waals surface area contributed by atoms with E-state index in [1.807, 2.05) is 11.4 Å². The fourth-order valence-electron chi connectivity index (χ4n) is 2.52. The molecule has 1 aromatic heterocycles. The highest BCUT2D eigenvalue weighted by atomic mass is 32.1. The highest BCUT2D eigenvalue weighted by Gasteiger charge is 2.38. The zero-order valence-electron chi connectivity index (χ0n) is 13.0. The minimum atomic E-state index is -0.545. The molecule has 22 heavy (non-hydrogen) atoms. The van der Waals surface area contributed by atoms with Crippen LogP contribution in [0.15, 0.2) is 11.4 Å². The molecule has 3 N–H and O–H groups in total. The number of thiophene rings is 1. The van der Waals surface area contributed by atoms with Gasteiger partial charge in [-0.15, -0.1) is 11.3 Å². The molecular formula is C15H21N3O3S. The number of primary amides is 1. The van der Waals surface area contributed by atoms with Gasteiger partial charge in [0.15, 0.2) is 0 Å². The first-order valence-electron chi connectivity index (χ1n) is 7.23. The molecule has 6 nitrogen and oxygen atoms in total. The van der Waals surface area contributed by atoms with Crippen molar-refractivity contribution in [2.75, 3.05) is 13.1 Å². The molecule has 1 aromatic rings. The minimum absolute atomic E-state index is 0.124. The summed E-state index contributed by atoms with van der Waals surface area (Å²) in [6.07, 6.45) is 0. The first-order chi connectivity index (χ1) is 10.3. The van der Waals surface area contributed by atoms with Crippen molar-refractivity contribution in [2.24, 2.45) is 11.7 Å². The van der Waals surface area contributed by atoms with Crippen molar-refractivity contribution in [3.8, 4) is 0 Å². The molecule has 0 spiro atoms. The summed E-state index contributed by atoms with van der Waals surface area (Å²) >= 11 is 1.54. The van der Waals surface area contributed by atoms with Crippen LogP contribution in [0.1, 0.15) is 41.9 Å². The van der Waals surface area contributed by atoms with E-state index >= 15 is 0 Å². The predicted octanol–water partition coefficient (Wildman–Crippen LogP) is 0.934. The van der Waals surface area contributed by atoms with E-state index in [4.69, 9.17) is 5.73 Å². The van der Waals surface area contributed by atoms with Gasteiger partial charge in [0.25, 0.3) is 5.91 Å². The largest absolute Gasteiger partial charge is 0.369 e. The zero-order valence-corrected chi connectivity index (χ0v) is 13.8. The summed E-state index contributed by atoms with van der Waals surface area (Å²) in [6.45, 7) is 6.15. The number of carbonyl (C=O) groups is 3. The van der Waals surface area contributed by atoms with Gasteiger partial charge in [-0.1, -0.05) is 13.8 Å². The first kappa shape index (κ1) is 16.5. The molecule has 0 aliphatic carbocycles. The maximum absolute atomic E-state index is 12.3. The molecule has 1 aliphatic heterocycles. The Morgan fingerprint density at radius 3 is 2.55 bits per heavy atom. The maximum Gasteiger partial charge on any atom is 0.252 e. The van der Waals surface area contributed by atoms with Gasteiger partial charge >= 0.3 is 0 Å². The molecule has 1 fully saturated rings. The third-order valence-corrected chi connectivity index (χ3v) is 5.13. The maximum atomic E-state index is 12.3. The second-order valence-corrected chi connectivity index (χ2v) is 6.85. The lowest BCUT2D eigenvalue weighted by Crippen LogP contribution is -2.44. The molecule has 3 amide bonds. The van der Waals surface area contributed by atoms with Crippen molar-refractivity contribution < 1.29 is 14.4 Å². The van der Waals surface area contributed by atoms with E-state index in [-0.39, 0.29) is 18.4 Å². The Kier molecular flexibility index (Phi) is 4.85. The van der Waals surface area contributed by atoms with Gasteiger partial charge in [0.05, 0.1) is 17.5 Å². The normalized spacial score (nSPS) is 21.2. The number of nitrogens with one attached hydrogen (secondary N) is 1. The van der Waals surface area contributed by atoms with Crippen LogP contribution in [-0.2, 0) is 9.59 Å². The molecule has 0 aromatic carbocycles. The monoisotopic (exact) mass is 323 g/mol. The van der Waals surface area contributed by atoms with Gasteiger partial charge in [0.2, 0.25) is 11.8 Å². The first-order valence-corrected chi connectivity index (χ1v) is 8.11. The third-order valence-electron chi connectivity index (χ3n) is 3.90. The summed E-state index contributed by atoms with van der Waals surface area (Å²) in [5.41, 5.74) is 5.96. The van der Waals surface area contributed by atoms with Crippen molar-refractivity contribution in [3.05, 3.63) is 21.9 Å². The lowest BCUT2D eigenvalue weighted by atomic mass is 10.0. The van der Waals surface area contributed by atoms with Crippen LogP contribution in [0, 0.1) is 5.92 Å². The molecule has 1 aliphatic rings. The molecule has 7 heteroatoms. The highest BCUT2D eigenvalue weighted by molar-refractivity contribution is 7.10. The SMILES string of the molecule is CC(=O)N1C[C@H](NC(=O)c2csc(C(C)C)c2)[C@H](C(N)=O)C1. The number of rotatable bonds is 4. The number of carbonyl (C=O) groups excluding carboxylic acids is 3. The number of nitrogens with two attached hydrogens (primary N) is 1. The van der Waals surface area contributed by atoms with Crippen molar-refractivity contribution in [1.29, 1.82) is 0 Å². The lowest BCUT2D eigenvalue weighted by molar-refractivity contribution is -0.128. The Morgan fingerprint density at radius 2 is 2.05 bits per heavy atom. The quantitative estimate of drug-likeness (QED) is 0.863. The second kappa shape index (κ2) is 6.48. The van der Waals surface area contributed by atoms with Crippen LogP contribution >= 0.6 is 11.3 Å². The predicted molar refractivity (Wildman–Crippen MR) is 84.6 cm³/mol. The average Bonchev–Trinajstić information content (AvgIpc) is 3.04. The smallest absolute Gasteiger partial charge is 0.252 e. The molecule has 0 saturated carbocycles. The second-order valence-electron chi connectivity index (χ2n) is 5.91. The van der Waals surface area contributed by atoms with Gasteiger partial charge in [-0.3, -0.25) is 14.4 Å². The molecule has 2 rings (SSSR count). The van der Waals surface area contributed by atoms with Gasteiger partial charge < -0.3 is 16.0 Å². The molecule has 1 saturated heterocycles. The fourth-order valence-corrected chi connectivity index (χ4v) is 3.43. The molecular weight excluding hydrogens is 302 g/mol. The van der Waals surface area contributed by atoms with Crippen molar-refractivity contribution in [1.82, 2.24) is 10.2 Å². The Balaban J connectivity index is 2.08. The number of likely N-dealkylation sites (tertiary alicyclic amines) is 1. The van der Waals surface area contributed by atoms with Crippen LogP contribution < -0.4 is 11.1 Å². The van der Waals surface area contributed by atoms with Crippen LogP contribution in [0.25, 0.3) is 0 Å². The van der Waals surface area contributed by atoms with Crippen LogP contribution in [0.5, 0.6) is 0 Å². The van der Waals surface area contributed by atoms with Crippen LogP contribution in [0.3, 0.4) is 0 Å². The van der Waals surface area contributed by atoms with Crippen molar-refractivity contribution >= 4 is 29.1 Å². The van der Waals surface area contributed by atoms with Gasteiger partial charge in [0.1, 0.15) is 0 Å². The Labute approximate surface area is 133 Å². The number of nitrogens with zero attached hydrogens (tertiary/aromatic N) is 1. The zero-order chi connectivity index (χ0) is 16.4. The van der Waals surface area contributed by atoms with E-state index in [0.717, 1.165) is 4.88 Å². The molecule has 2 heterocycles. The number of hydrogen-bond donors (Lipinski definition) is 2. The summed E-state index contributed by atoms with van der Waals surface area (Å²) in [7, 11) is 0. The van der Waals surface area contributed by atoms with E-state index in [1.54, 1.807) is 0 Å². The standard InChI is InChI=1S/C15H21N3O3S/c1-8(2)13-4-10(7-22-13)15(21)17-12-6-18(9(3)19)5-11(12)14(16)20/h4,7-8,11-12H,5-6H2,1-3H3,(H2,16,20)(H,17,21)/t11-,12+/m1/s1. The highest BCUT2D eigenvalue weighted by Crippen LogP contribution is 2.24. The Bertz CT molecular complexity index is 597. The van der Waals surface area contributed by atoms with Crippen LogP contribution in [-0.4, -0.2) is 41.8 Å². The topological polar surface area (TPSA) is 92.5 Å². The number of hydrogen-bond acceptors (Lipinski definition) is 4. The van der Waals surface area contributed by atoms with Gasteiger partial charge in [-0.05, 0) is 12.0 Å². The summed E-state index contributed by atoms with van der Waals surface area (Å²) in [5.74, 6) is -1.03. The lowest BCUT2D eigenvalue weighted by Gasteiger charge is -2.16. The summed E-state index contributed by atoms with van der Waals surface area (Å²) in [5, 5.41) is 4.64. The van der Waals surface area contributed by atoms with Crippen molar-refractivity contribution in [3.63, 3.8) is 0 Å². The molecule has 0 radical (unpaired) electrons. The third kappa shape index (κ3) is 3.47. The number of amides is 3. The van der Waals surface area contributed by atoms with Gasteiger partial charge in [0, 0.05) is 30.3 Å². The van der Waals surface area contributed by atoms with Gasteiger partial charge in [-0.2, -0.15) is 0 Å². The van der Waals surface area contributed by atoms with Gasteiger partial charge in [-0.25, -0.2) is 0 Å². The molecule has 0 bridgehead atoms. The molecule has 0 unspecified atom stereocenters. The van der Waals surface area contributed by atoms with Crippen LogP contribution in [0.4, 0.5) is 0 Å². The molecule has 2 atom stereocenters. The molecule has 120 valence electrons. The van der Waals surface area contributed by atoms with Crippen molar-refractivity contribution in [2.45, 2.75) is 32.7 Å². The van der Waals surface area contributed by atoms with E-state index < -0.39 is 17.9 Å². The Morgan fingerprint density at radius 1 is 1.36 bits per heavy atom. The van der Waals surface area contributed by atoms with E-state index in [2.05, 4.69) is 19.2 Å². The average molecular weight is 323 g/mol. The van der Waals surface area contributed by atoms with E-state index in [0.29, 0.717) is 18.0 Å². The minimum Gasteiger partial charge on any atom is -0.369 e. The summed E-state index contributed by atoms with van der Waals surface area (Å²) in [6, 6.07) is 1.43.